The summed E-state index contributed by atoms with van der Waals surface area (Å²) in [4.78, 5) is 35.1. The Morgan fingerprint density at radius 1 is 0.966 bits per heavy atom. The molecular weight excluding hydrogens is 372 g/mol. The molecule has 0 saturated carbocycles. The minimum Gasteiger partial charge on any atom is -0.497 e. The molecule has 0 atom stereocenters. The molecule has 0 aliphatic heterocycles. The van der Waals surface area contributed by atoms with Gasteiger partial charge in [0, 0.05) is 30.4 Å². The first-order valence-electron chi connectivity index (χ1n) is 8.98. The molecule has 29 heavy (non-hydrogen) atoms. The number of nitrogens with zero attached hydrogens (tertiary/aromatic N) is 1. The summed E-state index contributed by atoms with van der Waals surface area (Å²) in [5, 5.41) is 9.38. The Labute approximate surface area is 169 Å². The second-order valence-corrected chi connectivity index (χ2v) is 6.35. The summed E-state index contributed by atoms with van der Waals surface area (Å²) >= 11 is 0. The van der Waals surface area contributed by atoms with Crippen molar-refractivity contribution < 1.29 is 19.1 Å². The van der Waals surface area contributed by atoms with Crippen molar-refractivity contribution >= 4 is 29.1 Å². The molecule has 0 aliphatic rings. The summed E-state index contributed by atoms with van der Waals surface area (Å²) in [6.07, 6.45) is 0.0674. The zero-order chi connectivity index (χ0) is 21.2. The summed E-state index contributed by atoms with van der Waals surface area (Å²) in [6.45, 7) is 3.46. The van der Waals surface area contributed by atoms with Crippen molar-refractivity contribution in [2.45, 2.75) is 26.8 Å². The van der Waals surface area contributed by atoms with Gasteiger partial charge in [-0.05, 0) is 48.9 Å². The third-order valence-corrected chi connectivity index (χ3v) is 3.88. The summed E-state index contributed by atoms with van der Waals surface area (Å²) in [5.74, 6) is -0.0374. The number of methoxy groups -OCH3 is 1. The molecule has 0 aliphatic carbocycles. The van der Waals surface area contributed by atoms with E-state index in [0.29, 0.717) is 23.5 Å². The van der Waals surface area contributed by atoms with Crippen molar-refractivity contribution in [2.24, 2.45) is 5.10 Å². The molecule has 0 saturated heterocycles. The molecule has 2 aromatic rings. The van der Waals surface area contributed by atoms with Crippen LogP contribution in [0.2, 0.25) is 0 Å². The fourth-order valence-electron chi connectivity index (χ4n) is 2.40. The van der Waals surface area contributed by atoms with E-state index in [2.05, 4.69) is 21.2 Å². The van der Waals surface area contributed by atoms with Gasteiger partial charge in [-0.3, -0.25) is 14.4 Å². The van der Waals surface area contributed by atoms with Gasteiger partial charge >= 0.3 is 0 Å². The van der Waals surface area contributed by atoms with E-state index in [0.717, 1.165) is 11.3 Å². The van der Waals surface area contributed by atoms with Crippen LogP contribution >= 0.6 is 0 Å². The minimum atomic E-state index is -0.405. The fourth-order valence-corrected chi connectivity index (χ4v) is 2.40. The summed E-state index contributed by atoms with van der Waals surface area (Å²) in [6, 6.07) is 13.8. The number of ether oxygens (including phenoxy) is 1. The van der Waals surface area contributed by atoms with Gasteiger partial charge < -0.3 is 15.4 Å². The van der Waals surface area contributed by atoms with Crippen LogP contribution < -0.4 is 20.8 Å². The number of benzene rings is 2. The van der Waals surface area contributed by atoms with Crippen LogP contribution in [0.4, 0.5) is 5.69 Å². The number of carbonyl (C=O) groups is 3. The van der Waals surface area contributed by atoms with Crippen molar-refractivity contribution in [1.29, 1.82) is 0 Å². The van der Waals surface area contributed by atoms with Gasteiger partial charge in [0.05, 0.1) is 13.5 Å². The summed E-state index contributed by atoms with van der Waals surface area (Å²) in [5.41, 5.74) is 4.83. The summed E-state index contributed by atoms with van der Waals surface area (Å²) in [7, 11) is 1.60. The van der Waals surface area contributed by atoms with Gasteiger partial charge in [0.1, 0.15) is 5.75 Å². The highest BCUT2D eigenvalue weighted by Gasteiger charge is 2.07. The molecule has 3 N–H and O–H groups in total. The Kier molecular flexibility index (Phi) is 7.90. The molecule has 2 rings (SSSR count). The Hall–Kier alpha value is -3.68. The molecular formula is C21H24N4O4. The largest absolute Gasteiger partial charge is 0.497 e. The van der Waals surface area contributed by atoms with Crippen LogP contribution in [0.15, 0.2) is 53.6 Å². The number of nitrogens with one attached hydrogen (secondary N) is 3. The number of amides is 3. The monoisotopic (exact) mass is 396 g/mol. The van der Waals surface area contributed by atoms with Gasteiger partial charge in [0.2, 0.25) is 11.8 Å². The first-order chi connectivity index (χ1) is 13.9. The number of hydrogen-bond acceptors (Lipinski definition) is 5. The van der Waals surface area contributed by atoms with Gasteiger partial charge in [0.15, 0.2) is 0 Å². The Morgan fingerprint density at radius 2 is 1.62 bits per heavy atom. The molecule has 0 radical (unpaired) electrons. The fraction of sp³-hybridized carbons (Fsp3) is 0.238. The van der Waals surface area contributed by atoms with Crippen molar-refractivity contribution in [1.82, 2.24) is 10.7 Å². The topological polar surface area (TPSA) is 109 Å². The van der Waals surface area contributed by atoms with Crippen LogP contribution in [-0.2, 0) is 16.1 Å². The molecule has 0 bridgehead atoms. The number of rotatable bonds is 8. The average molecular weight is 396 g/mol. The van der Waals surface area contributed by atoms with Crippen LogP contribution in [0.3, 0.4) is 0 Å². The number of anilines is 1. The molecule has 8 heteroatoms. The predicted octanol–water partition coefficient (Wildman–Crippen LogP) is 2.47. The third-order valence-electron chi connectivity index (χ3n) is 3.88. The zero-order valence-corrected chi connectivity index (χ0v) is 16.6. The lowest BCUT2D eigenvalue weighted by atomic mass is 10.2. The zero-order valence-electron chi connectivity index (χ0n) is 16.6. The predicted molar refractivity (Wildman–Crippen MR) is 111 cm³/mol. The normalized spacial score (nSPS) is 10.8. The van der Waals surface area contributed by atoms with E-state index in [9.17, 15) is 14.4 Å². The quantitative estimate of drug-likeness (QED) is 0.470. The number of hydrazone groups is 1. The first kappa shape index (κ1) is 21.6. The smallest absolute Gasteiger partial charge is 0.271 e. The van der Waals surface area contributed by atoms with E-state index in [1.54, 1.807) is 38.3 Å². The molecule has 0 fully saturated rings. The second kappa shape index (κ2) is 10.6. The molecule has 0 aromatic heterocycles. The highest BCUT2D eigenvalue weighted by molar-refractivity contribution is 6.01. The van der Waals surface area contributed by atoms with Crippen LogP contribution in [0.25, 0.3) is 0 Å². The lowest BCUT2D eigenvalue weighted by Gasteiger charge is -2.07. The van der Waals surface area contributed by atoms with Gasteiger partial charge in [0.25, 0.3) is 5.91 Å². The average Bonchev–Trinajstić information content (AvgIpc) is 2.71. The minimum absolute atomic E-state index is 0.0674. The maximum atomic E-state index is 12.1. The van der Waals surface area contributed by atoms with E-state index in [4.69, 9.17) is 4.74 Å². The Morgan fingerprint density at radius 3 is 2.21 bits per heavy atom. The van der Waals surface area contributed by atoms with Gasteiger partial charge in [-0.1, -0.05) is 12.1 Å². The van der Waals surface area contributed by atoms with E-state index in [1.807, 2.05) is 24.3 Å². The first-order valence-corrected chi connectivity index (χ1v) is 8.98. The highest BCUT2D eigenvalue weighted by atomic mass is 16.5. The van der Waals surface area contributed by atoms with Gasteiger partial charge in [-0.15, -0.1) is 0 Å². The number of carbonyl (C=O) groups excluding carboxylic acids is 3. The van der Waals surface area contributed by atoms with Crippen LogP contribution in [-0.4, -0.2) is 30.5 Å². The molecule has 2 aromatic carbocycles. The SMILES string of the molecule is COc1ccc(CNC(=O)C/C(C)=N/NC(=O)c2ccc(NC(C)=O)cc2)cc1. The molecule has 0 heterocycles. The maximum absolute atomic E-state index is 12.1. The van der Waals surface area contributed by atoms with Crippen LogP contribution in [0, 0.1) is 0 Å². The molecule has 3 amide bonds. The van der Waals surface area contributed by atoms with Crippen molar-refractivity contribution in [3.05, 3.63) is 59.7 Å². The van der Waals surface area contributed by atoms with E-state index in [-0.39, 0.29) is 18.2 Å². The maximum Gasteiger partial charge on any atom is 0.271 e. The van der Waals surface area contributed by atoms with E-state index < -0.39 is 5.91 Å². The third kappa shape index (κ3) is 7.45. The lowest BCUT2D eigenvalue weighted by Crippen LogP contribution is -2.26. The van der Waals surface area contributed by atoms with Crippen molar-refractivity contribution in [3.63, 3.8) is 0 Å². The highest BCUT2D eigenvalue weighted by Crippen LogP contribution is 2.11. The van der Waals surface area contributed by atoms with Gasteiger partial charge in [-0.25, -0.2) is 5.43 Å². The van der Waals surface area contributed by atoms with Crippen molar-refractivity contribution in [2.75, 3.05) is 12.4 Å². The standard InChI is InChI=1S/C21H24N4O4/c1-14(12-20(27)22-13-16-4-10-19(29-3)11-5-16)24-25-21(28)17-6-8-18(9-7-17)23-15(2)26/h4-11H,12-13H2,1-3H3,(H,22,27)(H,23,26)(H,25,28)/b24-14+. The van der Waals surface area contributed by atoms with Crippen molar-refractivity contribution in [3.8, 4) is 5.75 Å². The van der Waals surface area contributed by atoms with E-state index in [1.165, 1.54) is 6.92 Å². The second-order valence-electron chi connectivity index (χ2n) is 6.35. The molecule has 0 unspecified atom stereocenters. The molecule has 152 valence electrons. The summed E-state index contributed by atoms with van der Waals surface area (Å²) < 4.78 is 5.09. The Bertz CT molecular complexity index is 890. The molecule has 8 nitrogen and oxygen atoms in total. The molecule has 0 spiro atoms. The van der Waals surface area contributed by atoms with E-state index >= 15 is 0 Å². The van der Waals surface area contributed by atoms with Crippen LogP contribution in [0.5, 0.6) is 5.75 Å². The Balaban J connectivity index is 1.79. The van der Waals surface area contributed by atoms with Crippen LogP contribution in [0.1, 0.15) is 36.2 Å². The van der Waals surface area contributed by atoms with Gasteiger partial charge in [-0.2, -0.15) is 5.10 Å². The number of hydrogen-bond donors (Lipinski definition) is 3. The lowest BCUT2D eigenvalue weighted by molar-refractivity contribution is -0.120.